The lowest BCUT2D eigenvalue weighted by molar-refractivity contribution is 0.322. The second-order valence-corrected chi connectivity index (χ2v) is 4.00. The Morgan fingerprint density at radius 2 is 1.62 bits per heavy atom. The first-order valence-corrected chi connectivity index (χ1v) is 4.23. The standard InChI is InChI=1S/C9H18N4/c1-5-4-6(2)9(12,13)8(3,11)7(5)10/h4H,10-13H2,1-3H3. The molecule has 13 heavy (non-hydrogen) atoms. The van der Waals surface area contributed by atoms with Crippen LogP contribution in [0.4, 0.5) is 0 Å². The molecule has 0 spiro atoms. The van der Waals surface area contributed by atoms with E-state index < -0.39 is 11.2 Å². The highest BCUT2D eigenvalue weighted by Crippen LogP contribution is 2.31. The van der Waals surface area contributed by atoms with Gasteiger partial charge in [0, 0.05) is 5.70 Å². The van der Waals surface area contributed by atoms with Gasteiger partial charge in [0.2, 0.25) is 0 Å². The van der Waals surface area contributed by atoms with Gasteiger partial charge in [-0.15, -0.1) is 0 Å². The molecule has 0 bridgehead atoms. The highest BCUT2D eigenvalue weighted by atomic mass is 15.1. The summed E-state index contributed by atoms with van der Waals surface area (Å²) in [6, 6.07) is 0. The van der Waals surface area contributed by atoms with Crippen LogP contribution in [0.3, 0.4) is 0 Å². The van der Waals surface area contributed by atoms with Crippen molar-refractivity contribution in [1.82, 2.24) is 0 Å². The summed E-state index contributed by atoms with van der Waals surface area (Å²) in [6.45, 7) is 5.52. The lowest BCUT2D eigenvalue weighted by Crippen LogP contribution is -2.73. The number of rotatable bonds is 0. The molecule has 1 rings (SSSR count). The van der Waals surface area contributed by atoms with Crippen LogP contribution < -0.4 is 22.9 Å². The van der Waals surface area contributed by atoms with Crippen molar-refractivity contribution in [2.75, 3.05) is 0 Å². The molecule has 8 N–H and O–H groups in total. The first-order valence-electron chi connectivity index (χ1n) is 4.23. The van der Waals surface area contributed by atoms with Crippen LogP contribution in [0, 0.1) is 0 Å². The molecule has 0 aromatic carbocycles. The summed E-state index contributed by atoms with van der Waals surface area (Å²) in [4.78, 5) is 0. The van der Waals surface area contributed by atoms with Gasteiger partial charge in [0.25, 0.3) is 0 Å². The number of allylic oxidation sites excluding steroid dienone is 2. The van der Waals surface area contributed by atoms with Crippen LogP contribution in [0.25, 0.3) is 0 Å². The van der Waals surface area contributed by atoms with Gasteiger partial charge in [-0.3, -0.25) is 0 Å². The van der Waals surface area contributed by atoms with E-state index in [1.165, 1.54) is 0 Å². The lowest BCUT2D eigenvalue weighted by Gasteiger charge is -2.45. The topological polar surface area (TPSA) is 104 Å². The van der Waals surface area contributed by atoms with E-state index in [2.05, 4.69) is 0 Å². The summed E-state index contributed by atoms with van der Waals surface area (Å²) in [5.41, 5.74) is 24.1. The molecule has 1 aliphatic carbocycles. The van der Waals surface area contributed by atoms with Gasteiger partial charge in [0.05, 0.1) is 5.54 Å². The third kappa shape index (κ3) is 1.18. The van der Waals surface area contributed by atoms with Crippen molar-refractivity contribution < 1.29 is 0 Å². The highest BCUT2D eigenvalue weighted by Gasteiger charge is 2.45. The summed E-state index contributed by atoms with van der Waals surface area (Å²) in [5.74, 6) is 0. The van der Waals surface area contributed by atoms with Gasteiger partial charge < -0.3 is 22.9 Å². The quantitative estimate of drug-likeness (QED) is 0.379. The molecule has 0 amide bonds. The third-order valence-electron chi connectivity index (χ3n) is 2.93. The second kappa shape index (κ2) is 2.57. The van der Waals surface area contributed by atoms with Gasteiger partial charge in [0.15, 0.2) is 0 Å². The highest BCUT2D eigenvalue weighted by molar-refractivity contribution is 5.45. The van der Waals surface area contributed by atoms with Gasteiger partial charge in [-0.05, 0) is 31.9 Å². The molecule has 0 saturated carbocycles. The molecule has 0 saturated heterocycles. The Balaban J connectivity index is 3.34. The maximum atomic E-state index is 6.01. The predicted octanol–water partition coefficient (Wildman–Crippen LogP) is -0.490. The molecule has 0 heterocycles. The van der Waals surface area contributed by atoms with E-state index in [0.717, 1.165) is 11.1 Å². The molecule has 1 aliphatic rings. The number of hydrogen-bond donors (Lipinski definition) is 4. The normalized spacial score (nSPS) is 33.2. The second-order valence-electron chi connectivity index (χ2n) is 4.00. The fourth-order valence-corrected chi connectivity index (χ4v) is 1.56. The maximum absolute atomic E-state index is 6.01. The van der Waals surface area contributed by atoms with Gasteiger partial charge in [0.1, 0.15) is 5.66 Å². The maximum Gasteiger partial charge on any atom is 0.110 e. The molecule has 0 fully saturated rings. The predicted molar refractivity (Wildman–Crippen MR) is 54.3 cm³/mol. The van der Waals surface area contributed by atoms with Crippen LogP contribution in [-0.2, 0) is 0 Å². The van der Waals surface area contributed by atoms with Crippen molar-refractivity contribution in [2.24, 2.45) is 22.9 Å². The molecule has 0 aliphatic heterocycles. The van der Waals surface area contributed by atoms with E-state index >= 15 is 0 Å². The van der Waals surface area contributed by atoms with Gasteiger partial charge in [-0.2, -0.15) is 0 Å². The van der Waals surface area contributed by atoms with Crippen LogP contribution >= 0.6 is 0 Å². The molecule has 0 radical (unpaired) electrons. The Labute approximate surface area is 78.6 Å². The van der Waals surface area contributed by atoms with E-state index in [1.54, 1.807) is 6.92 Å². The molecule has 0 aromatic rings. The minimum atomic E-state index is -1.06. The Kier molecular flexibility index (Phi) is 2.03. The minimum Gasteiger partial charge on any atom is -0.400 e. The van der Waals surface area contributed by atoms with Crippen LogP contribution in [0.1, 0.15) is 20.8 Å². The Morgan fingerprint density at radius 3 is 2.08 bits per heavy atom. The fraction of sp³-hybridized carbons (Fsp3) is 0.556. The van der Waals surface area contributed by atoms with Gasteiger partial charge >= 0.3 is 0 Å². The molecular formula is C9H18N4. The molecule has 1 atom stereocenters. The largest absolute Gasteiger partial charge is 0.400 e. The smallest absolute Gasteiger partial charge is 0.110 e. The molecular weight excluding hydrogens is 164 g/mol. The van der Waals surface area contributed by atoms with Crippen LogP contribution in [0.5, 0.6) is 0 Å². The van der Waals surface area contributed by atoms with Crippen molar-refractivity contribution in [3.8, 4) is 0 Å². The van der Waals surface area contributed by atoms with E-state index in [0.29, 0.717) is 5.70 Å². The first kappa shape index (κ1) is 10.2. The fourth-order valence-electron chi connectivity index (χ4n) is 1.56. The summed E-state index contributed by atoms with van der Waals surface area (Å²) in [6.07, 6.45) is 1.88. The lowest BCUT2D eigenvalue weighted by atomic mass is 9.74. The zero-order valence-electron chi connectivity index (χ0n) is 8.39. The first-order chi connectivity index (χ1) is 5.71. The average molecular weight is 182 g/mol. The average Bonchev–Trinajstić information content (AvgIpc) is 2.00. The van der Waals surface area contributed by atoms with Crippen molar-refractivity contribution >= 4 is 0 Å². The molecule has 74 valence electrons. The van der Waals surface area contributed by atoms with E-state index in [9.17, 15) is 0 Å². The Morgan fingerprint density at radius 1 is 1.15 bits per heavy atom. The van der Waals surface area contributed by atoms with Gasteiger partial charge in [-0.25, -0.2) is 0 Å². The molecule has 4 heteroatoms. The number of nitrogens with two attached hydrogens (primary N) is 4. The van der Waals surface area contributed by atoms with Crippen LogP contribution in [0.15, 0.2) is 22.9 Å². The summed E-state index contributed by atoms with van der Waals surface area (Å²) < 4.78 is 0. The zero-order chi connectivity index (χ0) is 10.4. The minimum absolute atomic E-state index is 0.558. The van der Waals surface area contributed by atoms with Crippen LogP contribution in [-0.4, -0.2) is 11.2 Å². The van der Waals surface area contributed by atoms with Crippen LogP contribution in [0.2, 0.25) is 0 Å². The van der Waals surface area contributed by atoms with Crippen molar-refractivity contribution in [3.63, 3.8) is 0 Å². The van der Waals surface area contributed by atoms with Crippen molar-refractivity contribution in [3.05, 3.63) is 22.9 Å². The Bertz CT molecular complexity index is 297. The summed E-state index contributed by atoms with van der Waals surface area (Å²) in [7, 11) is 0. The van der Waals surface area contributed by atoms with E-state index in [-0.39, 0.29) is 0 Å². The molecule has 1 unspecified atom stereocenters. The monoisotopic (exact) mass is 182 g/mol. The van der Waals surface area contributed by atoms with Gasteiger partial charge in [-0.1, -0.05) is 6.08 Å². The number of hydrogen-bond acceptors (Lipinski definition) is 4. The summed E-state index contributed by atoms with van der Waals surface area (Å²) >= 11 is 0. The van der Waals surface area contributed by atoms with Crippen molar-refractivity contribution in [2.45, 2.75) is 32.0 Å². The zero-order valence-corrected chi connectivity index (χ0v) is 8.39. The summed E-state index contributed by atoms with van der Waals surface area (Å²) in [5, 5.41) is 0. The van der Waals surface area contributed by atoms with Crippen molar-refractivity contribution in [1.29, 1.82) is 0 Å². The van der Waals surface area contributed by atoms with E-state index in [1.807, 2.05) is 19.9 Å². The Hall–Kier alpha value is -0.840. The third-order valence-corrected chi connectivity index (χ3v) is 2.93. The molecule has 0 aromatic heterocycles. The SMILES string of the molecule is CC1=CC(C)=C(N)C(C)(N)C1(N)N. The molecule has 4 nitrogen and oxygen atoms in total. The van der Waals surface area contributed by atoms with E-state index in [4.69, 9.17) is 22.9 Å².